The highest BCUT2D eigenvalue weighted by atomic mass is 16.2. The summed E-state index contributed by atoms with van der Waals surface area (Å²) in [5.41, 5.74) is 1.08. The maximum absolute atomic E-state index is 12.1. The minimum Gasteiger partial charge on any atom is -0.350 e. The van der Waals surface area contributed by atoms with Gasteiger partial charge in [0.05, 0.1) is 11.3 Å². The van der Waals surface area contributed by atoms with Crippen LogP contribution in [0.15, 0.2) is 24.3 Å². The Morgan fingerprint density at radius 3 is 2.53 bits per heavy atom. The number of carbonyl (C=O) groups is 2. The second kappa shape index (κ2) is 7.56. The average molecular weight is 262 g/mol. The predicted octanol–water partition coefficient (Wildman–Crippen LogP) is 2.95. The number of para-hydroxylation sites is 1. The van der Waals surface area contributed by atoms with Gasteiger partial charge in [-0.05, 0) is 31.9 Å². The van der Waals surface area contributed by atoms with Gasteiger partial charge in [-0.2, -0.15) is 0 Å². The maximum Gasteiger partial charge on any atom is 0.253 e. The van der Waals surface area contributed by atoms with E-state index in [0.717, 1.165) is 12.8 Å². The van der Waals surface area contributed by atoms with Crippen LogP contribution in [0.5, 0.6) is 0 Å². The fourth-order valence-corrected chi connectivity index (χ4v) is 1.63. The highest BCUT2D eigenvalue weighted by Gasteiger charge is 2.13. The molecule has 0 aliphatic carbocycles. The molecule has 104 valence electrons. The number of hydrogen-bond donors (Lipinski definition) is 2. The molecule has 2 N–H and O–H groups in total. The Morgan fingerprint density at radius 2 is 1.89 bits per heavy atom. The predicted molar refractivity (Wildman–Crippen MR) is 77.2 cm³/mol. The normalized spacial score (nSPS) is 11.7. The van der Waals surface area contributed by atoms with E-state index < -0.39 is 0 Å². The zero-order valence-electron chi connectivity index (χ0n) is 11.8. The first-order valence-corrected chi connectivity index (χ1v) is 6.78. The van der Waals surface area contributed by atoms with Crippen molar-refractivity contribution in [2.75, 3.05) is 5.32 Å². The minimum absolute atomic E-state index is 0.0636. The van der Waals surface area contributed by atoms with Gasteiger partial charge in [0.25, 0.3) is 5.91 Å². The molecule has 0 fully saturated rings. The van der Waals surface area contributed by atoms with Crippen molar-refractivity contribution in [2.24, 2.45) is 0 Å². The fraction of sp³-hybridized carbons (Fsp3) is 0.467. The molecule has 19 heavy (non-hydrogen) atoms. The fourth-order valence-electron chi connectivity index (χ4n) is 1.63. The largest absolute Gasteiger partial charge is 0.350 e. The topological polar surface area (TPSA) is 58.2 Å². The van der Waals surface area contributed by atoms with Crippen molar-refractivity contribution in [2.45, 2.75) is 46.1 Å². The zero-order chi connectivity index (χ0) is 14.3. The molecule has 2 amide bonds. The summed E-state index contributed by atoms with van der Waals surface area (Å²) in [4.78, 5) is 23.7. The van der Waals surface area contributed by atoms with Crippen LogP contribution in [0.3, 0.4) is 0 Å². The molecule has 0 aliphatic heterocycles. The molecule has 1 aromatic carbocycles. The summed E-state index contributed by atoms with van der Waals surface area (Å²) in [6.07, 6.45) is 2.12. The Bertz CT molecular complexity index is 444. The molecular formula is C15H22N2O2. The van der Waals surface area contributed by atoms with Crippen LogP contribution in [0.25, 0.3) is 0 Å². The van der Waals surface area contributed by atoms with Crippen LogP contribution in [-0.4, -0.2) is 17.9 Å². The summed E-state index contributed by atoms with van der Waals surface area (Å²) in [5, 5.41) is 5.69. The van der Waals surface area contributed by atoms with E-state index in [1.54, 1.807) is 18.2 Å². The number of anilines is 1. The lowest BCUT2D eigenvalue weighted by molar-refractivity contribution is -0.116. The molecule has 1 atom stereocenters. The van der Waals surface area contributed by atoms with Crippen molar-refractivity contribution >= 4 is 17.5 Å². The van der Waals surface area contributed by atoms with E-state index in [1.807, 2.05) is 26.8 Å². The molecule has 0 aromatic heterocycles. The molecule has 4 nitrogen and oxygen atoms in total. The van der Waals surface area contributed by atoms with Crippen LogP contribution >= 0.6 is 0 Å². The Morgan fingerprint density at radius 1 is 1.21 bits per heavy atom. The van der Waals surface area contributed by atoms with Gasteiger partial charge >= 0.3 is 0 Å². The second-order valence-corrected chi connectivity index (χ2v) is 4.63. The van der Waals surface area contributed by atoms with Gasteiger partial charge in [-0.3, -0.25) is 9.59 Å². The molecule has 0 bridgehead atoms. The quantitative estimate of drug-likeness (QED) is 0.828. The van der Waals surface area contributed by atoms with E-state index in [4.69, 9.17) is 0 Å². The first-order chi connectivity index (χ1) is 9.08. The first kappa shape index (κ1) is 15.2. The Balaban J connectivity index is 2.83. The second-order valence-electron chi connectivity index (χ2n) is 4.63. The monoisotopic (exact) mass is 262 g/mol. The van der Waals surface area contributed by atoms with Gasteiger partial charge in [0.2, 0.25) is 5.91 Å². The van der Waals surface area contributed by atoms with E-state index in [0.29, 0.717) is 17.7 Å². The van der Waals surface area contributed by atoms with Crippen molar-refractivity contribution in [3.63, 3.8) is 0 Å². The van der Waals surface area contributed by atoms with Gasteiger partial charge in [-0.25, -0.2) is 0 Å². The number of benzene rings is 1. The van der Waals surface area contributed by atoms with Crippen molar-refractivity contribution < 1.29 is 9.59 Å². The number of rotatable bonds is 6. The summed E-state index contributed by atoms with van der Waals surface area (Å²) < 4.78 is 0. The molecule has 4 heteroatoms. The smallest absolute Gasteiger partial charge is 0.253 e. The number of amides is 2. The summed E-state index contributed by atoms with van der Waals surface area (Å²) >= 11 is 0. The third kappa shape index (κ3) is 4.73. The number of hydrogen-bond acceptors (Lipinski definition) is 2. The highest BCUT2D eigenvalue weighted by Crippen LogP contribution is 2.15. The molecule has 1 aromatic rings. The Kier molecular flexibility index (Phi) is 6.06. The van der Waals surface area contributed by atoms with Gasteiger partial charge < -0.3 is 10.6 Å². The summed E-state index contributed by atoms with van der Waals surface area (Å²) in [7, 11) is 0. The molecule has 0 radical (unpaired) electrons. The van der Waals surface area contributed by atoms with Crippen molar-refractivity contribution in [3.05, 3.63) is 29.8 Å². The zero-order valence-corrected chi connectivity index (χ0v) is 11.8. The third-order valence-electron chi connectivity index (χ3n) is 2.91. The first-order valence-electron chi connectivity index (χ1n) is 6.78. The molecule has 0 heterocycles. The van der Waals surface area contributed by atoms with Crippen LogP contribution < -0.4 is 10.6 Å². The molecule has 0 saturated heterocycles. The third-order valence-corrected chi connectivity index (χ3v) is 2.91. The van der Waals surface area contributed by atoms with E-state index in [1.165, 1.54) is 0 Å². The SMILES string of the molecule is CCCC(=O)Nc1ccccc1C(=O)NC(C)CC. The summed E-state index contributed by atoms with van der Waals surface area (Å²) in [6.45, 7) is 5.91. The summed E-state index contributed by atoms with van der Waals surface area (Å²) in [6, 6.07) is 7.19. The number of nitrogens with one attached hydrogen (secondary N) is 2. The van der Waals surface area contributed by atoms with Gasteiger partial charge in [0.1, 0.15) is 0 Å². The van der Waals surface area contributed by atoms with E-state index in [-0.39, 0.29) is 17.9 Å². The van der Waals surface area contributed by atoms with Gasteiger partial charge in [-0.1, -0.05) is 26.0 Å². The van der Waals surface area contributed by atoms with Crippen LogP contribution in [0, 0.1) is 0 Å². The lowest BCUT2D eigenvalue weighted by atomic mass is 10.1. The number of carbonyl (C=O) groups excluding carboxylic acids is 2. The standard InChI is InChI=1S/C15H22N2O2/c1-4-8-14(18)17-13-10-7-6-9-12(13)15(19)16-11(3)5-2/h6-7,9-11H,4-5,8H2,1-3H3,(H,16,19)(H,17,18). The molecule has 0 aliphatic rings. The van der Waals surface area contributed by atoms with Crippen molar-refractivity contribution in [1.29, 1.82) is 0 Å². The average Bonchev–Trinajstić information content (AvgIpc) is 2.39. The molecule has 1 unspecified atom stereocenters. The minimum atomic E-state index is -0.151. The lowest BCUT2D eigenvalue weighted by Gasteiger charge is -2.14. The van der Waals surface area contributed by atoms with Gasteiger partial charge in [0.15, 0.2) is 0 Å². The molecule has 0 spiro atoms. The summed E-state index contributed by atoms with van der Waals surface area (Å²) in [5.74, 6) is -0.215. The lowest BCUT2D eigenvalue weighted by Crippen LogP contribution is -2.32. The molecular weight excluding hydrogens is 240 g/mol. The van der Waals surface area contributed by atoms with Crippen molar-refractivity contribution in [3.8, 4) is 0 Å². The molecule has 1 rings (SSSR count). The van der Waals surface area contributed by atoms with Crippen LogP contribution in [-0.2, 0) is 4.79 Å². The van der Waals surface area contributed by atoms with Crippen molar-refractivity contribution in [1.82, 2.24) is 5.32 Å². The van der Waals surface area contributed by atoms with Crippen LogP contribution in [0.4, 0.5) is 5.69 Å². The van der Waals surface area contributed by atoms with Gasteiger partial charge in [0, 0.05) is 12.5 Å². The van der Waals surface area contributed by atoms with E-state index in [2.05, 4.69) is 10.6 Å². The van der Waals surface area contributed by atoms with Crippen LogP contribution in [0.1, 0.15) is 50.4 Å². The molecule has 0 saturated carbocycles. The van der Waals surface area contributed by atoms with Gasteiger partial charge in [-0.15, -0.1) is 0 Å². The Labute approximate surface area is 114 Å². The highest BCUT2D eigenvalue weighted by molar-refractivity contribution is 6.03. The van der Waals surface area contributed by atoms with E-state index >= 15 is 0 Å². The maximum atomic E-state index is 12.1. The van der Waals surface area contributed by atoms with Crippen LogP contribution in [0.2, 0.25) is 0 Å². The van der Waals surface area contributed by atoms with E-state index in [9.17, 15) is 9.59 Å². The Hall–Kier alpha value is -1.84.